The van der Waals surface area contributed by atoms with Crippen LogP contribution in [0.25, 0.3) is 0 Å². The molecule has 0 atom stereocenters. The second-order valence-electron chi connectivity index (χ2n) is 5.38. The van der Waals surface area contributed by atoms with Crippen molar-refractivity contribution in [1.82, 2.24) is 9.88 Å². The average Bonchev–Trinajstić information content (AvgIpc) is 3.18. The standard InChI is InChI=1S/C16H15Cl2N3O2/c17-12-9-13(20-14(12)18)15(22)19-11-5-3-4-10(8-11)16(23)21-6-1-2-7-21/h3-5,8-9,20H,1-2,6-7H2,(H,19,22). The molecule has 1 aliphatic rings. The molecule has 1 aromatic carbocycles. The zero-order chi connectivity index (χ0) is 16.4. The predicted molar refractivity (Wildman–Crippen MR) is 90.3 cm³/mol. The molecular formula is C16H15Cl2N3O2. The number of amides is 2. The van der Waals surface area contributed by atoms with Crippen molar-refractivity contribution in [2.45, 2.75) is 12.8 Å². The Hall–Kier alpha value is -1.98. The van der Waals surface area contributed by atoms with Gasteiger partial charge in [0.25, 0.3) is 11.8 Å². The molecule has 1 saturated heterocycles. The molecule has 0 unspecified atom stereocenters. The maximum Gasteiger partial charge on any atom is 0.272 e. The van der Waals surface area contributed by atoms with Gasteiger partial charge in [0.05, 0.1) is 5.02 Å². The zero-order valence-electron chi connectivity index (χ0n) is 12.2. The van der Waals surface area contributed by atoms with Crippen molar-refractivity contribution in [1.29, 1.82) is 0 Å². The Balaban J connectivity index is 1.74. The van der Waals surface area contributed by atoms with Crippen LogP contribution >= 0.6 is 23.2 Å². The normalized spacial score (nSPS) is 14.1. The molecule has 1 fully saturated rings. The molecule has 2 heterocycles. The van der Waals surface area contributed by atoms with Crippen LogP contribution in [0.2, 0.25) is 10.2 Å². The second-order valence-corrected chi connectivity index (χ2v) is 6.16. The minimum absolute atomic E-state index is 0.00967. The highest BCUT2D eigenvalue weighted by molar-refractivity contribution is 6.41. The van der Waals surface area contributed by atoms with Crippen LogP contribution in [0.5, 0.6) is 0 Å². The van der Waals surface area contributed by atoms with E-state index in [9.17, 15) is 9.59 Å². The molecule has 120 valence electrons. The van der Waals surface area contributed by atoms with Gasteiger partial charge >= 0.3 is 0 Å². The van der Waals surface area contributed by atoms with Crippen LogP contribution < -0.4 is 5.32 Å². The second kappa shape index (κ2) is 6.64. The van der Waals surface area contributed by atoms with E-state index in [1.54, 1.807) is 24.3 Å². The number of nitrogens with zero attached hydrogens (tertiary/aromatic N) is 1. The van der Waals surface area contributed by atoms with Gasteiger partial charge in [0, 0.05) is 24.3 Å². The number of aromatic amines is 1. The Bertz CT molecular complexity index is 732. The smallest absolute Gasteiger partial charge is 0.272 e. The summed E-state index contributed by atoms with van der Waals surface area (Å²) in [5.74, 6) is -0.380. The molecule has 2 N–H and O–H groups in total. The minimum atomic E-state index is -0.371. The van der Waals surface area contributed by atoms with E-state index in [4.69, 9.17) is 23.2 Å². The number of halogens is 2. The van der Waals surface area contributed by atoms with E-state index >= 15 is 0 Å². The lowest BCUT2D eigenvalue weighted by Gasteiger charge is -2.15. The number of benzene rings is 1. The van der Waals surface area contributed by atoms with E-state index in [0.717, 1.165) is 25.9 Å². The first-order valence-corrected chi connectivity index (χ1v) is 8.05. The van der Waals surface area contributed by atoms with E-state index in [0.29, 0.717) is 11.3 Å². The lowest BCUT2D eigenvalue weighted by atomic mass is 10.1. The summed E-state index contributed by atoms with van der Waals surface area (Å²) < 4.78 is 0. The molecule has 1 aromatic heterocycles. The van der Waals surface area contributed by atoms with Crippen molar-refractivity contribution in [2.24, 2.45) is 0 Å². The Kier molecular flexibility index (Phi) is 4.59. The summed E-state index contributed by atoms with van der Waals surface area (Å²) >= 11 is 11.6. The number of aromatic nitrogens is 1. The molecule has 7 heteroatoms. The highest BCUT2D eigenvalue weighted by Crippen LogP contribution is 2.23. The molecule has 0 spiro atoms. The summed E-state index contributed by atoms with van der Waals surface area (Å²) in [4.78, 5) is 29.1. The lowest BCUT2D eigenvalue weighted by Crippen LogP contribution is -2.27. The van der Waals surface area contributed by atoms with E-state index in [1.165, 1.54) is 6.07 Å². The molecule has 5 nitrogen and oxygen atoms in total. The van der Waals surface area contributed by atoms with Gasteiger partial charge < -0.3 is 15.2 Å². The number of rotatable bonds is 3. The monoisotopic (exact) mass is 351 g/mol. The first-order chi connectivity index (χ1) is 11.0. The Morgan fingerprint density at radius 3 is 2.52 bits per heavy atom. The highest BCUT2D eigenvalue weighted by Gasteiger charge is 2.20. The molecule has 0 bridgehead atoms. The van der Waals surface area contributed by atoms with Crippen molar-refractivity contribution in [3.8, 4) is 0 Å². The van der Waals surface area contributed by atoms with Crippen molar-refractivity contribution in [3.63, 3.8) is 0 Å². The third-order valence-corrected chi connectivity index (χ3v) is 4.42. The van der Waals surface area contributed by atoms with E-state index in [1.807, 2.05) is 4.90 Å². The van der Waals surface area contributed by atoms with E-state index in [-0.39, 0.29) is 27.7 Å². The number of likely N-dealkylation sites (tertiary alicyclic amines) is 1. The largest absolute Gasteiger partial charge is 0.340 e. The molecule has 23 heavy (non-hydrogen) atoms. The molecule has 0 saturated carbocycles. The van der Waals surface area contributed by atoms with Gasteiger partial charge in [-0.05, 0) is 37.1 Å². The van der Waals surface area contributed by atoms with E-state index < -0.39 is 0 Å². The van der Waals surface area contributed by atoms with Gasteiger partial charge in [-0.2, -0.15) is 0 Å². The van der Waals surface area contributed by atoms with E-state index in [2.05, 4.69) is 10.3 Å². The number of carbonyl (C=O) groups is 2. The summed E-state index contributed by atoms with van der Waals surface area (Å²) in [6, 6.07) is 8.35. The third kappa shape index (κ3) is 3.51. The van der Waals surface area contributed by atoms with Gasteiger partial charge in [-0.15, -0.1) is 0 Å². The Morgan fingerprint density at radius 1 is 1.13 bits per heavy atom. The topological polar surface area (TPSA) is 65.2 Å². The van der Waals surface area contributed by atoms with Crippen LogP contribution in [-0.2, 0) is 0 Å². The van der Waals surface area contributed by atoms with Crippen molar-refractivity contribution >= 4 is 40.7 Å². The molecule has 1 aliphatic heterocycles. The summed E-state index contributed by atoms with van der Waals surface area (Å²) in [6.07, 6.45) is 2.08. The minimum Gasteiger partial charge on any atom is -0.340 e. The number of carbonyl (C=O) groups excluding carboxylic acids is 2. The molecular weight excluding hydrogens is 337 g/mol. The first-order valence-electron chi connectivity index (χ1n) is 7.29. The van der Waals surface area contributed by atoms with Crippen LogP contribution in [0.4, 0.5) is 5.69 Å². The Labute approximate surface area is 143 Å². The fourth-order valence-corrected chi connectivity index (χ4v) is 2.87. The predicted octanol–water partition coefficient (Wildman–Crippen LogP) is 3.81. The summed E-state index contributed by atoms with van der Waals surface area (Å²) in [6.45, 7) is 1.57. The number of nitrogens with one attached hydrogen (secondary N) is 2. The fourth-order valence-electron chi connectivity index (χ4n) is 2.56. The summed E-state index contributed by atoms with van der Waals surface area (Å²) in [5, 5.41) is 3.23. The van der Waals surface area contributed by atoms with Crippen LogP contribution in [0.3, 0.4) is 0 Å². The average molecular weight is 352 g/mol. The maximum absolute atomic E-state index is 12.4. The highest BCUT2D eigenvalue weighted by atomic mass is 35.5. The van der Waals surface area contributed by atoms with Gasteiger partial charge in [-0.25, -0.2) is 0 Å². The van der Waals surface area contributed by atoms with Crippen molar-refractivity contribution in [2.75, 3.05) is 18.4 Å². The molecule has 2 amide bonds. The SMILES string of the molecule is O=C(Nc1cccc(C(=O)N2CCCC2)c1)c1cc(Cl)c(Cl)[nH]1. The fraction of sp³-hybridized carbons (Fsp3) is 0.250. The van der Waals surface area contributed by atoms with Crippen LogP contribution in [0.1, 0.15) is 33.7 Å². The number of hydrogen-bond donors (Lipinski definition) is 2. The van der Waals surface area contributed by atoms with Crippen LogP contribution in [-0.4, -0.2) is 34.8 Å². The maximum atomic E-state index is 12.4. The lowest BCUT2D eigenvalue weighted by molar-refractivity contribution is 0.0792. The van der Waals surface area contributed by atoms with Crippen LogP contribution in [0, 0.1) is 0 Å². The van der Waals surface area contributed by atoms with Gasteiger partial charge in [-0.3, -0.25) is 9.59 Å². The van der Waals surface area contributed by atoms with Gasteiger partial charge in [-0.1, -0.05) is 29.3 Å². The van der Waals surface area contributed by atoms with Crippen LogP contribution in [0.15, 0.2) is 30.3 Å². The molecule has 0 aliphatic carbocycles. The molecule has 2 aromatic rings. The van der Waals surface area contributed by atoms with Gasteiger partial charge in [0.1, 0.15) is 10.8 Å². The quantitative estimate of drug-likeness (QED) is 0.882. The Morgan fingerprint density at radius 2 is 1.87 bits per heavy atom. The van der Waals surface area contributed by atoms with Crippen molar-refractivity contribution < 1.29 is 9.59 Å². The third-order valence-electron chi connectivity index (χ3n) is 3.73. The van der Waals surface area contributed by atoms with Gasteiger partial charge in [0.2, 0.25) is 0 Å². The molecule has 3 rings (SSSR count). The number of anilines is 1. The van der Waals surface area contributed by atoms with Gasteiger partial charge in [0.15, 0.2) is 0 Å². The number of H-pyrrole nitrogens is 1. The van der Waals surface area contributed by atoms with Crippen molar-refractivity contribution in [3.05, 3.63) is 51.8 Å². The molecule has 0 radical (unpaired) electrons. The number of hydrogen-bond acceptors (Lipinski definition) is 2. The summed E-state index contributed by atoms with van der Waals surface area (Å²) in [5.41, 5.74) is 1.37. The zero-order valence-corrected chi connectivity index (χ0v) is 13.7. The summed E-state index contributed by atoms with van der Waals surface area (Å²) in [7, 11) is 0. The first kappa shape index (κ1) is 15.9.